The molecule has 1 saturated carbocycles. The fraction of sp³-hybridized carbons (Fsp3) is 0.600. The van der Waals surface area contributed by atoms with Gasteiger partial charge in [-0.2, -0.15) is 12.7 Å². The average Bonchev–Trinajstić information content (AvgIpc) is 2.90. The highest BCUT2D eigenvalue weighted by atomic mass is 35.5. The van der Waals surface area contributed by atoms with E-state index >= 15 is 0 Å². The zero-order valence-electron chi connectivity index (χ0n) is 12.2. The van der Waals surface area contributed by atoms with Gasteiger partial charge in [0.2, 0.25) is 0 Å². The van der Waals surface area contributed by atoms with Gasteiger partial charge in [-0.25, -0.2) is 0 Å². The minimum atomic E-state index is -3.68. The first kappa shape index (κ1) is 15.3. The normalized spacial score (nSPS) is 30.9. The summed E-state index contributed by atoms with van der Waals surface area (Å²) in [5.41, 5.74) is 2.40. The fourth-order valence-electron chi connectivity index (χ4n) is 3.66. The van der Waals surface area contributed by atoms with Crippen LogP contribution in [0.15, 0.2) is 24.3 Å². The first-order chi connectivity index (χ1) is 9.99. The molecule has 0 N–H and O–H groups in total. The van der Waals surface area contributed by atoms with Crippen LogP contribution in [0.1, 0.15) is 43.2 Å². The Labute approximate surface area is 131 Å². The fourth-order valence-corrected chi connectivity index (χ4v) is 5.46. The van der Waals surface area contributed by atoms with E-state index in [9.17, 15) is 8.42 Å². The molecular formula is C15H20ClNO3S. The monoisotopic (exact) mass is 329 g/mol. The Hall–Kier alpha value is -0.620. The molecule has 21 heavy (non-hydrogen) atoms. The van der Waals surface area contributed by atoms with E-state index in [-0.39, 0.29) is 23.3 Å². The molecule has 2 aliphatic rings. The van der Waals surface area contributed by atoms with Gasteiger partial charge in [0.25, 0.3) is 0 Å². The molecule has 0 unspecified atom stereocenters. The van der Waals surface area contributed by atoms with Crippen LogP contribution < -0.4 is 0 Å². The quantitative estimate of drug-likeness (QED) is 0.780. The summed E-state index contributed by atoms with van der Waals surface area (Å²) in [6.45, 7) is 4.46. The number of hydrogen-bond donors (Lipinski definition) is 0. The van der Waals surface area contributed by atoms with Gasteiger partial charge in [-0.05, 0) is 17.5 Å². The zero-order valence-corrected chi connectivity index (χ0v) is 13.8. The van der Waals surface area contributed by atoms with Crippen molar-refractivity contribution in [3.63, 3.8) is 0 Å². The molecule has 1 aromatic rings. The van der Waals surface area contributed by atoms with Crippen LogP contribution in [-0.2, 0) is 14.5 Å². The van der Waals surface area contributed by atoms with Crippen molar-refractivity contribution in [2.45, 2.75) is 43.6 Å². The molecule has 1 aromatic carbocycles. The lowest BCUT2D eigenvalue weighted by atomic mass is 9.90. The predicted octanol–water partition coefficient (Wildman–Crippen LogP) is 2.85. The molecule has 0 amide bonds. The molecule has 0 radical (unpaired) electrons. The largest absolute Gasteiger partial charge is 0.338 e. The van der Waals surface area contributed by atoms with Crippen LogP contribution in [0.2, 0.25) is 0 Å². The Morgan fingerprint density at radius 1 is 1.24 bits per heavy atom. The first-order valence-corrected chi connectivity index (χ1v) is 9.21. The summed E-state index contributed by atoms with van der Waals surface area (Å²) in [5.74, 6) is 0.169. The van der Waals surface area contributed by atoms with E-state index < -0.39 is 10.3 Å². The molecule has 2 aliphatic carbocycles. The number of alkyl halides is 1. The third-order valence-corrected chi connectivity index (χ3v) is 6.85. The summed E-state index contributed by atoms with van der Waals surface area (Å²) in [5, 5.41) is -0.0701. The van der Waals surface area contributed by atoms with Crippen molar-refractivity contribution in [3.8, 4) is 0 Å². The van der Waals surface area contributed by atoms with Crippen LogP contribution in [0.5, 0.6) is 0 Å². The second kappa shape index (κ2) is 5.54. The lowest BCUT2D eigenvalue weighted by molar-refractivity contribution is 0.172. The zero-order chi connectivity index (χ0) is 15.2. The summed E-state index contributed by atoms with van der Waals surface area (Å²) in [6.07, 6.45) is 0.328. The Morgan fingerprint density at radius 3 is 2.48 bits per heavy atom. The average molecular weight is 330 g/mol. The van der Waals surface area contributed by atoms with Gasteiger partial charge in [-0.15, -0.1) is 11.6 Å². The molecule has 0 aromatic heterocycles. The summed E-state index contributed by atoms with van der Waals surface area (Å²) < 4.78 is 31.5. The Bertz CT molecular complexity index is 630. The van der Waals surface area contributed by atoms with Crippen molar-refractivity contribution in [1.82, 2.24) is 4.31 Å². The number of rotatable bonds is 5. The van der Waals surface area contributed by atoms with Crippen LogP contribution in [0.4, 0.5) is 0 Å². The van der Waals surface area contributed by atoms with Crippen molar-refractivity contribution >= 4 is 21.9 Å². The van der Waals surface area contributed by atoms with Crippen molar-refractivity contribution in [2.24, 2.45) is 0 Å². The van der Waals surface area contributed by atoms with E-state index in [1.165, 1.54) is 9.87 Å². The highest BCUT2D eigenvalue weighted by Crippen LogP contribution is 2.56. The van der Waals surface area contributed by atoms with E-state index in [1.54, 1.807) is 0 Å². The smallest absolute Gasteiger partial charge is 0.254 e. The van der Waals surface area contributed by atoms with Crippen molar-refractivity contribution in [3.05, 3.63) is 35.4 Å². The Kier molecular flexibility index (Phi) is 4.03. The molecule has 0 spiro atoms. The van der Waals surface area contributed by atoms with Crippen LogP contribution in [0, 0.1) is 0 Å². The van der Waals surface area contributed by atoms with E-state index in [0.29, 0.717) is 19.5 Å². The maximum Gasteiger partial charge on any atom is 0.338 e. The number of hydrogen-bond acceptors (Lipinski definition) is 3. The third-order valence-electron chi connectivity index (χ3n) is 4.64. The lowest BCUT2D eigenvalue weighted by Gasteiger charge is -2.26. The molecule has 3 rings (SSSR count). The predicted molar refractivity (Wildman–Crippen MR) is 82.9 cm³/mol. The van der Waals surface area contributed by atoms with Gasteiger partial charge in [-0.1, -0.05) is 38.1 Å². The molecule has 0 heterocycles. The van der Waals surface area contributed by atoms with E-state index in [1.807, 2.05) is 32.0 Å². The van der Waals surface area contributed by atoms with Gasteiger partial charge >= 0.3 is 10.3 Å². The van der Waals surface area contributed by atoms with Crippen LogP contribution >= 0.6 is 11.6 Å². The van der Waals surface area contributed by atoms with E-state index in [0.717, 1.165) is 5.56 Å². The molecule has 0 aliphatic heterocycles. The first-order valence-electron chi connectivity index (χ1n) is 7.40. The van der Waals surface area contributed by atoms with Crippen molar-refractivity contribution in [1.29, 1.82) is 0 Å². The topological polar surface area (TPSA) is 46.6 Å². The van der Waals surface area contributed by atoms with Gasteiger partial charge in [0.15, 0.2) is 0 Å². The number of nitrogens with zero attached hydrogens (tertiary/aromatic N) is 1. The second-order valence-electron chi connectivity index (χ2n) is 5.62. The van der Waals surface area contributed by atoms with E-state index in [2.05, 4.69) is 6.07 Å². The molecule has 2 bridgehead atoms. The number of benzene rings is 1. The molecule has 0 saturated heterocycles. The molecule has 4 atom stereocenters. The van der Waals surface area contributed by atoms with Gasteiger partial charge in [0.1, 0.15) is 0 Å². The van der Waals surface area contributed by atoms with Gasteiger partial charge < -0.3 is 0 Å². The summed E-state index contributed by atoms with van der Waals surface area (Å²) >= 11 is 6.52. The second-order valence-corrected chi connectivity index (χ2v) is 7.69. The molecule has 1 fully saturated rings. The third kappa shape index (κ3) is 2.40. The van der Waals surface area contributed by atoms with E-state index in [4.69, 9.17) is 15.8 Å². The molecule has 6 heteroatoms. The van der Waals surface area contributed by atoms with Gasteiger partial charge in [0, 0.05) is 30.3 Å². The SMILES string of the molecule is CCN(CC)S(=O)(=O)O[C@@H]1C[C@H]2c3ccccc3[C@H]1[C@@H]2Cl. The van der Waals surface area contributed by atoms with Crippen LogP contribution in [0.3, 0.4) is 0 Å². The summed E-state index contributed by atoms with van der Waals surface area (Å²) in [4.78, 5) is 0. The standard InChI is InChI=1S/C15H20ClNO3S/c1-3-17(4-2)21(18,19)20-13-9-12-10-7-5-6-8-11(10)14(13)15(12)16/h5-8,12-15H,3-4,9H2,1-2H3/t12-,13+,14+,15+/m0/s1. The van der Waals surface area contributed by atoms with Gasteiger partial charge in [-0.3, -0.25) is 4.18 Å². The molecular weight excluding hydrogens is 310 g/mol. The lowest BCUT2D eigenvalue weighted by Crippen LogP contribution is -2.36. The molecule has 4 nitrogen and oxygen atoms in total. The van der Waals surface area contributed by atoms with Gasteiger partial charge in [0.05, 0.1) is 6.10 Å². The highest BCUT2D eigenvalue weighted by molar-refractivity contribution is 7.84. The summed E-state index contributed by atoms with van der Waals surface area (Å²) in [7, 11) is -3.68. The Balaban J connectivity index is 1.85. The van der Waals surface area contributed by atoms with Crippen LogP contribution in [0.25, 0.3) is 0 Å². The Morgan fingerprint density at radius 2 is 1.86 bits per heavy atom. The number of halogens is 1. The highest BCUT2D eigenvalue weighted by Gasteiger charge is 2.52. The minimum absolute atomic E-state index is 0.0294. The van der Waals surface area contributed by atoms with Crippen molar-refractivity contribution in [2.75, 3.05) is 13.1 Å². The van der Waals surface area contributed by atoms with Crippen LogP contribution in [-0.4, -0.2) is 37.3 Å². The number of fused-ring (bicyclic) bond motifs is 5. The maximum atomic E-state index is 12.3. The van der Waals surface area contributed by atoms with Crippen molar-refractivity contribution < 1.29 is 12.6 Å². The summed E-state index contributed by atoms with van der Waals surface area (Å²) in [6, 6.07) is 8.10. The molecule has 116 valence electrons. The maximum absolute atomic E-state index is 12.3. The minimum Gasteiger partial charge on any atom is -0.254 e.